The first-order valence-electron chi connectivity index (χ1n) is 12.6. The van der Waals surface area contributed by atoms with Gasteiger partial charge < -0.3 is 21.3 Å². The van der Waals surface area contributed by atoms with Crippen molar-refractivity contribution in [3.05, 3.63) is 94.1 Å². The number of hydrogen-bond donors (Lipinski definition) is 4. The number of hydrogen-bond acceptors (Lipinski definition) is 5. The Morgan fingerprint density at radius 3 is 2.59 bits per heavy atom. The lowest BCUT2D eigenvalue weighted by Gasteiger charge is -2.20. The minimum absolute atomic E-state index is 0.242. The Morgan fingerprint density at radius 2 is 1.65 bits per heavy atom. The van der Waals surface area contributed by atoms with Gasteiger partial charge in [0.05, 0.1) is 6.20 Å². The van der Waals surface area contributed by atoms with Gasteiger partial charge in [-0.2, -0.15) is 4.98 Å². The van der Waals surface area contributed by atoms with Gasteiger partial charge in [0.15, 0.2) is 5.82 Å². The summed E-state index contributed by atoms with van der Waals surface area (Å²) in [6, 6.07) is 20.0. The van der Waals surface area contributed by atoms with Crippen LogP contribution in [0.15, 0.2) is 66.9 Å². The molecule has 0 spiro atoms. The first kappa shape index (κ1) is 23.3. The first-order chi connectivity index (χ1) is 18.1. The highest BCUT2D eigenvalue weighted by Gasteiger charge is 2.16. The molecule has 0 saturated carbocycles. The molecule has 3 aromatic carbocycles. The number of fused-ring (bicyclic) bond motifs is 7. The molecule has 6 bridgehead atoms. The van der Waals surface area contributed by atoms with Gasteiger partial charge in [-0.3, -0.25) is 0 Å². The van der Waals surface area contributed by atoms with Crippen molar-refractivity contribution in [3.8, 4) is 0 Å². The van der Waals surface area contributed by atoms with E-state index in [9.17, 15) is 4.79 Å². The lowest BCUT2D eigenvalue weighted by atomic mass is 9.90. The minimum atomic E-state index is -0.242. The third kappa shape index (κ3) is 5.22. The SMILES string of the molecule is O=C(Nc1ccc2cc1CCc1cccc(c1)Nc1ncc(Cl)c(n1)N2)Nc1cccc2c1CCCC2. The van der Waals surface area contributed by atoms with Crippen molar-refractivity contribution in [1.29, 1.82) is 0 Å². The zero-order valence-corrected chi connectivity index (χ0v) is 21.0. The Kier molecular flexibility index (Phi) is 6.37. The highest BCUT2D eigenvalue weighted by atomic mass is 35.5. The van der Waals surface area contributed by atoms with Gasteiger partial charge in [-0.15, -0.1) is 0 Å². The van der Waals surface area contributed by atoms with Crippen LogP contribution >= 0.6 is 11.6 Å². The largest absolute Gasteiger partial charge is 0.339 e. The molecular weight excluding hydrogens is 484 g/mol. The van der Waals surface area contributed by atoms with E-state index >= 15 is 0 Å². The third-order valence-electron chi connectivity index (χ3n) is 6.87. The molecule has 0 fully saturated rings. The molecule has 7 nitrogen and oxygen atoms in total. The van der Waals surface area contributed by atoms with Gasteiger partial charge in [-0.05, 0) is 97.2 Å². The smallest absolute Gasteiger partial charge is 0.323 e. The molecule has 8 heteroatoms. The number of halogens is 1. The Bertz CT molecular complexity index is 1490. The molecule has 2 aliphatic rings. The predicted molar refractivity (Wildman–Crippen MR) is 150 cm³/mol. The fourth-order valence-corrected chi connectivity index (χ4v) is 5.18. The quantitative estimate of drug-likeness (QED) is 0.228. The maximum Gasteiger partial charge on any atom is 0.323 e. The summed E-state index contributed by atoms with van der Waals surface area (Å²) < 4.78 is 0. The molecule has 0 unspecified atom stereocenters. The molecule has 1 aliphatic heterocycles. The van der Waals surface area contributed by atoms with Crippen molar-refractivity contribution in [2.24, 2.45) is 0 Å². The van der Waals surface area contributed by atoms with Crippen LogP contribution in [0, 0.1) is 0 Å². The van der Waals surface area contributed by atoms with Crippen LogP contribution in [0.5, 0.6) is 0 Å². The van der Waals surface area contributed by atoms with E-state index in [1.54, 1.807) is 6.20 Å². The first-order valence-corrected chi connectivity index (χ1v) is 13.0. The maximum atomic E-state index is 13.1. The number of anilines is 6. The number of nitrogens with zero attached hydrogens (tertiary/aromatic N) is 2. The van der Waals surface area contributed by atoms with Crippen molar-refractivity contribution in [2.75, 3.05) is 21.3 Å². The Hall–Kier alpha value is -4.10. The van der Waals surface area contributed by atoms with Crippen LogP contribution in [0.2, 0.25) is 5.02 Å². The van der Waals surface area contributed by atoms with Gasteiger partial charge in [0.1, 0.15) is 5.02 Å². The van der Waals surface area contributed by atoms with E-state index in [0.29, 0.717) is 16.8 Å². The van der Waals surface area contributed by atoms with E-state index in [-0.39, 0.29) is 6.03 Å². The second-order valence-electron chi connectivity index (χ2n) is 9.44. The van der Waals surface area contributed by atoms with Crippen molar-refractivity contribution in [2.45, 2.75) is 38.5 Å². The highest BCUT2D eigenvalue weighted by Crippen LogP contribution is 2.31. The fraction of sp³-hybridized carbons (Fsp3) is 0.207. The van der Waals surface area contributed by atoms with E-state index in [0.717, 1.165) is 60.4 Å². The summed E-state index contributed by atoms with van der Waals surface area (Å²) in [4.78, 5) is 21.9. The van der Waals surface area contributed by atoms with E-state index < -0.39 is 0 Å². The number of rotatable bonds is 2. The van der Waals surface area contributed by atoms with Gasteiger partial charge >= 0.3 is 6.03 Å². The van der Waals surface area contributed by atoms with Gasteiger partial charge in [0, 0.05) is 22.7 Å². The van der Waals surface area contributed by atoms with Crippen LogP contribution in [0.25, 0.3) is 0 Å². The number of aromatic nitrogens is 2. The lowest BCUT2D eigenvalue weighted by Crippen LogP contribution is -2.22. The summed E-state index contributed by atoms with van der Waals surface area (Å²) in [5.74, 6) is 0.967. The monoisotopic (exact) mass is 510 g/mol. The third-order valence-corrected chi connectivity index (χ3v) is 7.15. The normalized spacial score (nSPS) is 14.0. The van der Waals surface area contributed by atoms with Gasteiger partial charge in [-0.1, -0.05) is 35.9 Å². The van der Waals surface area contributed by atoms with Crippen LogP contribution in [0.1, 0.15) is 35.1 Å². The van der Waals surface area contributed by atoms with Crippen LogP contribution in [0.4, 0.5) is 39.3 Å². The molecule has 4 aromatic rings. The molecule has 37 heavy (non-hydrogen) atoms. The average molecular weight is 511 g/mol. The number of benzene rings is 3. The number of aryl methyl sites for hydroxylation is 3. The van der Waals surface area contributed by atoms with Crippen LogP contribution in [-0.2, 0) is 25.7 Å². The average Bonchev–Trinajstić information content (AvgIpc) is 2.91. The predicted octanol–water partition coefficient (Wildman–Crippen LogP) is 7.24. The molecule has 0 radical (unpaired) electrons. The van der Waals surface area contributed by atoms with E-state index in [2.05, 4.69) is 49.4 Å². The molecular formula is C29H27ClN6O. The summed E-state index contributed by atoms with van der Waals surface area (Å²) in [7, 11) is 0. The van der Waals surface area contributed by atoms with Crippen molar-refractivity contribution < 1.29 is 4.79 Å². The number of nitrogens with one attached hydrogen (secondary N) is 4. The second-order valence-corrected chi connectivity index (χ2v) is 9.85. The molecule has 4 N–H and O–H groups in total. The van der Waals surface area contributed by atoms with Crippen LogP contribution in [-0.4, -0.2) is 16.0 Å². The molecule has 6 rings (SSSR count). The summed E-state index contributed by atoms with van der Waals surface area (Å²) in [5.41, 5.74) is 8.17. The van der Waals surface area contributed by atoms with E-state index in [1.807, 2.05) is 42.5 Å². The zero-order chi connectivity index (χ0) is 25.2. The molecule has 1 aliphatic carbocycles. The number of carbonyl (C=O) groups is 1. The Morgan fingerprint density at radius 1 is 0.811 bits per heavy atom. The lowest BCUT2D eigenvalue weighted by molar-refractivity contribution is 0.262. The molecule has 2 heterocycles. The summed E-state index contributed by atoms with van der Waals surface area (Å²) in [6.07, 6.45) is 7.55. The van der Waals surface area contributed by atoms with Gasteiger partial charge in [0.25, 0.3) is 0 Å². The highest BCUT2D eigenvalue weighted by molar-refractivity contribution is 6.32. The molecule has 0 saturated heterocycles. The van der Waals surface area contributed by atoms with Crippen molar-refractivity contribution in [3.63, 3.8) is 0 Å². The zero-order valence-electron chi connectivity index (χ0n) is 20.3. The second kappa shape index (κ2) is 10.1. The molecule has 0 atom stereocenters. The molecule has 2 amide bonds. The molecule has 1 aromatic heterocycles. The topological polar surface area (TPSA) is 91.0 Å². The summed E-state index contributed by atoms with van der Waals surface area (Å²) in [5, 5.41) is 13.1. The van der Waals surface area contributed by atoms with E-state index in [1.165, 1.54) is 23.1 Å². The van der Waals surface area contributed by atoms with Crippen molar-refractivity contribution >= 4 is 52.1 Å². The van der Waals surface area contributed by atoms with E-state index in [4.69, 9.17) is 11.6 Å². The molecule has 186 valence electrons. The van der Waals surface area contributed by atoms with Crippen LogP contribution in [0.3, 0.4) is 0 Å². The van der Waals surface area contributed by atoms with Crippen LogP contribution < -0.4 is 21.3 Å². The van der Waals surface area contributed by atoms with Gasteiger partial charge in [0.2, 0.25) is 5.95 Å². The minimum Gasteiger partial charge on any atom is -0.339 e. The number of amides is 2. The standard InChI is InChI=1S/C29H27ClN6O/c30-24-17-31-28-33-21-8-3-5-18(15-21)11-12-20-16-22(32-27(24)36-28)13-14-25(20)34-29(37)35-26-10-4-7-19-6-1-2-9-23(19)26/h3-5,7-8,10,13-17H,1-2,6,9,11-12H2,(H2,34,35,37)(H2,31,32,33,36). The maximum absolute atomic E-state index is 13.1. The summed E-state index contributed by atoms with van der Waals surface area (Å²) >= 11 is 6.38. The Balaban J connectivity index is 1.29. The number of carbonyl (C=O) groups excluding carboxylic acids is 1. The summed E-state index contributed by atoms with van der Waals surface area (Å²) in [6.45, 7) is 0. The Labute approximate surface area is 220 Å². The van der Waals surface area contributed by atoms with Gasteiger partial charge in [-0.25, -0.2) is 9.78 Å². The number of urea groups is 1. The fourth-order valence-electron chi connectivity index (χ4n) is 5.04. The van der Waals surface area contributed by atoms with Crippen molar-refractivity contribution in [1.82, 2.24) is 9.97 Å².